The summed E-state index contributed by atoms with van der Waals surface area (Å²) < 4.78 is 29.8. The van der Waals surface area contributed by atoms with Gasteiger partial charge < -0.3 is 9.64 Å². The second kappa shape index (κ2) is 6.68. The zero-order valence-electron chi connectivity index (χ0n) is 12.4. The van der Waals surface area contributed by atoms with Crippen molar-refractivity contribution in [3.05, 3.63) is 29.8 Å². The monoisotopic (exact) mass is 314 g/mol. The molecule has 0 bridgehead atoms. The summed E-state index contributed by atoms with van der Waals surface area (Å²) in [6.45, 7) is -0.392. The molecule has 0 N–H and O–H groups in total. The third-order valence-electron chi connectivity index (χ3n) is 2.67. The largest absolute Gasteiger partial charge is 0.452 e. The van der Waals surface area contributed by atoms with Gasteiger partial charge in [-0.15, -0.1) is 0 Å². The summed E-state index contributed by atoms with van der Waals surface area (Å²) in [4.78, 5) is 24.4. The molecular formula is C13H18N2O5S. The fraction of sp³-hybridized carbons (Fsp3) is 0.385. The van der Waals surface area contributed by atoms with Crippen molar-refractivity contribution in [3.63, 3.8) is 0 Å². The first-order valence-electron chi connectivity index (χ1n) is 6.06. The Morgan fingerprint density at radius 3 is 2.29 bits per heavy atom. The van der Waals surface area contributed by atoms with E-state index >= 15 is 0 Å². The first-order valence-corrected chi connectivity index (χ1v) is 7.50. The van der Waals surface area contributed by atoms with Crippen molar-refractivity contribution in [2.24, 2.45) is 0 Å². The number of hydrogen-bond donors (Lipinski definition) is 0. The van der Waals surface area contributed by atoms with E-state index in [1.807, 2.05) is 0 Å². The van der Waals surface area contributed by atoms with Gasteiger partial charge in [0.2, 0.25) is 10.0 Å². The van der Waals surface area contributed by atoms with E-state index in [1.54, 1.807) is 14.1 Å². The number of benzene rings is 1. The quantitative estimate of drug-likeness (QED) is 0.724. The summed E-state index contributed by atoms with van der Waals surface area (Å²) in [6, 6.07) is 5.48. The van der Waals surface area contributed by atoms with Gasteiger partial charge in [0.15, 0.2) is 6.61 Å². The van der Waals surface area contributed by atoms with Gasteiger partial charge in [-0.25, -0.2) is 17.5 Å². The maximum absolute atomic E-state index is 12.0. The molecular weight excluding hydrogens is 296 g/mol. The van der Waals surface area contributed by atoms with E-state index in [2.05, 4.69) is 0 Å². The minimum absolute atomic E-state index is 0.0131. The molecule has 1 aromatic rings. The van der Waals surface area contributed by atoms with E-state index in [9.17, 15) is 18.0 Å². The predicted molar refractivity (Wildman–Crippen MR) is 76.3 cm³/mol. The van der Waals surface area contributed by atoms with Crippen molar-refractivity contribution < 1.29 is 22.7 Å². The lowest BCUT2D eigenvalue weighted by molar-refractivity contribution is -0.131. The van der Waals surface area contributed by atoms with Gasteiger partial charge in [0.25, 0.3) is 5.91 Å². The van der Waals surface area contributed by atoms with Crippen LogP contribution in [0.4, 0.5) is 0 Å². The number of amides is 1. The molecule has 0 radical (unpaired) electrons. The summed E-state index contributed by atoms with van der Waals surface area (Å²) in [7, 11) is 2.25. The average Bonchev–Trinajstić information content (AvgIpc) is 2.44. The second-order valence-electron chi connectivity index (χ2n) is 4.68. The second-order valence-corrected chi connectivity index (χ2v) is 6.83. The summed E-state index contributed by atoms with van der Waals surface area (Å²) in [6.07, 6.45) is 0. The van der Waals surface area contributed by atoms with E-state index in [4.69, 9.17) is 4.74 Å². The molecule has 0 heterocycles. The van der Waals surface area contributed by atoms with Gasteiger partial charge in [-0.1, -0.05) is 6.07 Å². The molecule has 0 saturated heterocycles. The molecule has 0 aliphatic carbocycles. The van der Waals surface area contributed by atoms with Crippen LogP contribution in [0.15, 0.2) is 29.2 Å². The maximum Gasteiger partial charge on any atom is 0.338 e. The van der Waals surface area contributed by atoms with E-state index in [1.165, 1.54) is 43.3 Å². The molecule has 8 heteroatoms. The van der Waals surface area contributed by atoms with E-state index in [-0.39, 0.29) is 16.4 Å². The highest BCUT2D eigenvalue weighted by Gasteiger charge is 2.19. The Kier molecular flexibility index (Phi) is 5.45. The molecule has 0 aliphatic heterocycles. The van der Waals surface area contributed by atoms with E-state index in [0.717, 1.165) is 4.31 Å². The Morgan fingerprint density at radius 1 is 1.14 bits per heavy atom. The summed E-state index contributed by atoms with van der Waals surface area (Å²) in [5, 5.41) is 0. The SMILES string of the molecule is CN(C)C(=O)COC(=O)c1cccc(S(=O)(=O)N(C)C)c1. The summed E-state index contributed by atoms with van der Waals surface area (Å²) in [5.41, 5.74) is 0.0736. The average molecular weight is 314 g/mol. The molecule has 116 valence electrons. The van der Waals surface area contributed by atoms with Crippen molar-refractivity contribution >= 4 is 21.9 Å². The van der Waals surface area contributed by atoms with Gasteiger partial charge in [0.05, 0.1) is 10.5 Å². The van der Waals surface area contributed by atoms with Crippen LogP contribution in [0.25, 0.3) is 0 Å². The third kappa shape index (κ3) is 4.27. The number of likely N-dealkylation sites (N-methyl/N-ethyl adjacent to an activating group) is 1. The van der Waals surface area contributed by atoms with Crippen LogP contribution in [-0.4, -0.2) is 64.3 Å². The van der Waals surface area contributed by atoms with E-state index in [0.29, 0.717) is 0 Å². The van der Waals surface area contributed by atoms with Gasteiger partial charge in [-0.05, 0) is 18.2 Å². The van der Waals surface area contributed by atoms with Crippen molar-refractivity contribution in [1.29, 1.82) is 0 Å². The summed E-state index contributed by atoms with van der Waals surface area (Å²) in [5.74, 6) is -1.11. The predicted octanol–water partition coefficient (Wildman–Crippen LogP) is 0.182. The number of nitrogens with zero attached hydrogens (tertiary/aromatic N) is 2. The molecule has 1 rings (SSSR count). The highest BCUT2D eigenvalue weighted by Crippen LogP contribution is 2.15. The van der Waals surface area contributed by atoms with Crippen molar-refractivity contribution in [1.82, 2.24) is 9.21 Å². The fourth-order valence-corrected chi connectivity index (χ4v) is 2.28. The molecule has 0 spiro atoms. The first kappa shape index (κ1) is 17.1. The molecule has 0 atom stereocenters. The van der Waals surface area contributed by atoms with Crippen LogP contribution in [0.3, 0.4) is 0 Å². The number of hydrogen-bond acceptors (Lipinski definition) is 5. The van der Waals surface area contributed by atoms with Crippen LogP contribution in [0.5, 0.6) is 0 Å². The summed E-state index contributed by atoms with van der Waals surface area (Å²) >= 11 is 0. The molecule has 21 heavy (non-hydrogen) atoms. The molecule has 0 unspecified atom stereocenters. The highest BCUT2D eigenvalue weighted by molar-refractivity contribution is 7.89. The topological polar surface area (TPSA) is 84.0 Å². The standard InChI is InChI=1S/C13H18N2O5S/c1-14(2)12(16)9-20-13(17)10-6-5-7-11(8-10)21(18,19)15(3)4/h5-8H,9H2,1-4H3. The van der Waals surface area contributed by atoms with Gasteiger partial charge in [-0.3, -0.25) is 4.79 Å². The Bertz CT molecular complexity index is 638. The molecule has 1 aromatic carbocycles. The minimum atomic E-state index is -3.63. The highest BCUT2D eigenvalue weighted by atomic mass is 32.2. The van der Waals surface area contributed by atoms with Crippen molar-refractivity contribution in [2.75, 3.05) is 34.8 Å². The Morgan fingerprint density at radius 2 is 1.76 bits per heavy atom. The minimum Gasteiger partial charge on any atom is -0.452 e. The number of sulfonamides is 1. The molecule has 7 nitrogen and oxygen atoms in total. The number of carbonyl (C=O) groups is 2. The Labute approximate surface area is 124 Å². The van der Waals surface area contributed by atoms with Gasteiger partial charge >= 0.3 is 5.97 Å². The number of esters is 1. The van der Waals surface area contributed by atoms with Gasteiger partial charge in [0, 0.05) is 28.2 Å². The number of carbonyl (C=O) groups excluding carboxylic acids is 2. The normalized spacial score (nSPS) is 11.3. The third-order valence-corrected chi connectivity index (χ3v) is 4.48. The molecule has 0 fully saturated rings. The van der Waals surface area contributed by atoms with Crippen LogP contribution >= 0.6 is 0 Å². The Balaban J connectivity index is 2.91. The molecule has 0 aromatic heterocycles. The van der Waals surface area contributed by atoms with E-state index < -0.39 is 22.6 Å². The van der Waals surface area contributed by atoms with Crippen LogP contribution < -0.4 is 0 Å². The van der Waals surface area contributed by atoms with Crippen LogP contribution in [-0.2, 0) is 19.6 Å². The zero-order valence-corrected chi connectivity index (χ0v) is 13.2. The molecule has 0 saturated carbocycles. The van der Waals surface area contributed by atoms with Crippen LogP contribution in [0, 0.1) is 0 Å². The molecule has 0 aliphatic rings. The maximum atomic E-state index is 12.0. The Hall–Kier alpha value is -1.93. The number of rotatable bonds is 5. The molecule has 1 amide bonds. The lowest BCUT2D eigenvalue weighted by atomic mass is 10.2. The van der Waals surface area contributed by atoms with Crippen molar-refractivity contribution in [2.45, 2.75) is 4.90 Å². The smallest absolute Gasteiger partial charge is 0.338 e. The first-order chi connectivity index (χ1) is 9.66. The van der Waals surface area contributed by atoms with Gasteiger partial charge in [0.1, 0.15) is 0 Å². The lowest BCUT2D eigenvalue weighted by Crippen LogP contribution is -2.27. The van der Waals surface area contributed by atoms with Crippen LogP contribution in [0.1, 0.15) is 10.4 Å². The van der Waals surface area contributed by atoms with Crippen molar-refractivity contribution in [3.8, 4) is 0 Å². The van der Waals surface area contributed by atoms with Gasteiger partial charge in [-0.2, -0.15) is 0 Å². The van der Waals surface area contributed by atoms with Crippen LogP contribution in [0.2, 0.25) is 0 Å². The number of ether oxygens (including phenoxy) is 1. The fourth-order valence-electron chi connectivity index (χ4n) is 1.33. The lowest BCUT2D eigenvalue weighted by Gasteiger charge is -2.13. The zero-order chi connectivity index (χ0) is 16.2.